The number of fused-ring (bicyclic) bond motifs is 1. The smallest absolute Gasteiger partial charge is 0.221 e. The summed E-state index contributed by atoms with van der Waals surface area (Å²) in [5, 5.41) is 17.1. The van der Waals surface area contributed by atoms with Crippen molar-refractivity contribution >= 4 is 56.2 Å². The molecule has 3 aromatic rings. The zero-order valence-electron chi connectivity index (χ0n) is 14.2. The molecule has 26 heavy (non-hydrogen) atoms. The van der Waals surface area contributed by atoms with Gasteiger partial charge in [0, 0.05) is 18.3 Å². The number of allylic oxidation sites excluding steroid dienone is 1. The van der Waals surface area contributed by atoms with Crippen LogP contribution in [0, 0.1) is 11.3 Å². The van der Waals surface area contributed by atoms with E-state index in [0.29, 0.717) is 10.6 Å². The Balaban J connectivity index is 1.91. The summed E-state index contributed by atoms with van der Waals surface area (Å²) in [5.74, 6) is -0.113. The summed E-state index contributed by atoms with van der Waals surface area (Å²) >= 11 is 2.96. The van der Waals surface area contributed by atoms with Crippen molar-refractivity contribution in [3.05, 3.63) is 58.6 Å². The second kappa shape index (κ2) is 8.04. The van der Waals surface area contributed by atoms with Crippen LogP contribution in [0.4, 0.5) is 11.4 Å². The number of benzene rings is 2. The van der Waals surface area contributed by atoms with Gasteiger partial charge in [0.1, 0.15) is 16.6 Å². The first kappa shape index (κ1) is 18.0. The van der Waals surface area contributed by atoms with Crippen LogP contribution in [-0.4, -0.2) is 17.1 Å². The summed E-state index contributed by atoms with van der Waals surface area (Å²) in [6, 6.07) is 17.4. The number of nitriles is 1. The zero-order valence-corrected chi connectivity index (χ0v) is 15.9. The van der Waals surface area contributed by atoms with Gasteiger partial charge in [-0.25, -0.2) is 4.98 Å². The highest BCUT2D eigenvalue weighted by molar-refractivity contribution is 8.02. The number of aromatic nitrogens is 1. The molecule has 1 heterocycles. The molecular weight excluding hydrogens is 364 g/mol. The lowest BCUT2D eigenvalue weighted by Gasteiger charge is -2.11. The quantitative estimate of drug-likeness (QED) is 0.614. The maximum absolute atomic E-state index is 11.1. The highest BCUT2D eigenvalue weighted by atomic mass is 32.2. The molecule has 3 rings (SSSR count). The van der Waals surface area contributed by atoms with Gasteiger partial charge in [0.25, 0.3) is 0 Å². The van der Waals surface area contributed by atoms with Gasteiger partial charge in [0.05, 0.1) is 15.2 Å². The van der Waals surface area contributed by atoms with Crippen LogP contribution >= 0.6 is 23.1 Å². The van der Waals surface area contributed by atoms with Crippen molar-refractivity contribution in [3.8, 4) is 6.07 Å². The van der Waals surface area contributed by atoms with Gasteiger partial charge in [0.2, 0.25) is 5.91 Å². The molecule has 0 aliphatic carbocycles. The van der Waals surface area contributed by atoms with E-state index in [2.05, 4.69) is 21.7 Å². The predicted molar refractivity (Wildman–Crippen MR) is 110 cm³/mol. The van der Waals surface area contributed by atoms with E-state index in [1.807, 2.05) is 54.8 Å². The zero-order chi connectivity index (χ0) is 18.5. The summed E-state index contributed by atoms with van der Waals surface area (Å²) in [6.45, 7) is 1.47. The molecule has 0 saturated carbocycles. The van der Waals surface area contributed by atoms with E-state index >= 15 is 0 Å². The van der Waals surface area contributed by atoms with E-state index in [1.54, 1.807) is 0 Å². The number of rotatable bonds is 5. The van der Waals surface area contributed by atoms with Gasteiger partial charge in [-0.15, -0.1) is 23.1 Å². The molecule has 130 valence electrons. The third kappa shape index (κ3) is 4.04. The molecule has 7 heteroatoms. The van der Waals surface area contributed by atoms with Crippen molar-refractivity contribution in [3.63, 3.8) is 0 Å². The van der Waals surface area contributed by atoms with E-state index in [9.17, 15) is 10.1 Å². The Hall–Kier alpha value is -2.82. The Kier molecular flexibility index (Phi) is 5.56. The van der Waals surface area contributed by atoms with Crippen LogP contribution in [0.5, 0.6) is 0 Å². The number of nitrogens with one attached hydrogen (secondary N) is 2. The van der Waals surface area contributed by atoms with E-state index in [4.69, 9.17) is 0 Å². The standard InChI is InChI=1S/C19H16N4OS2/c1-12(24)21-13-7-9-14(10-8-13)22-18(25-2)15(11-20)19-23-16-5-3-4-6-17(16)26-19/h3-10,22H,1-2H3,(H,21,24)/b18-15-. The predicted octanol–water partition coefficient (Wildman–Crippen LogP) is 4.92. The molecule has 0 bridgehead atoms. The molecular formula is C19H16N4OS2. The van der Waals surface area contributed by atoms with Crippen LogP contribution in [0.25, 0.3) is 15.8 Å². The fourth-order valence-electron chi connectivity index (χ4n) is 2.36. The lowest BCUT2D eigenvalue weighted by Crippen LogP contribution is -2.05. The highest BCUT2D eigenvalue weighted by Crippen LogP contribution is 2.32. The number of carbonyl (C=O) groups is 1. The first-order chi connectivity index (χ1) is 12.6. The van der Waals surface area contributed by atoms with Gasteiger partial charge >= 0.3 is 0 Å². The number of amides is 1. The maximum Gasteiger partial charge on any atom is 0.221 e. The lowest BCUT2D eigenvalue weighted by molar-refractivity contribution is -0.114. The molecule has 0 spiro atoms. The van der Waals surface area contributed by atoms with Gasteiger partial charge in [-0.2, -0.15) is 5.26 Å². The lowest BCUT2D eigenvalue weighted by atomic mass is 10.2. The van der Waals surface area contributed by atoms with E-state index in [1.165, 1.54) is 30.0 Å². The average molecular weight is 380 g/mol. The van der Waals surface area contributed by atoms with Crippen LogP contribution < -0.4 is 10.6 Å². The average Bonchev–Trinajstić information content (AvgIpc) is 3.06. The number of thioether (sulfide) groups is 1. The molecule has 0 saturated heterocycles. The van der Waals surface area contributed by atoms with Crippen LogP contribution in [0.2, 0.25) is 0 Å². The Bertz CT molecular complexity index is 983. The third-order valence-corrected chi connectivity index (χ3v) is 5.28. The summed E-state index contributed by atoms with van der Waals surface area (Å²) in [5.41, 5.74) is 2.96. The first-order valence-corrected chi connectivity index (χ1v) is 9.84. The monoisotopic (exact) mass is 380 g/mol. The van der Waals surface area contributed by atoms with Crippen molar-refractivity contribution in [2.45, 2.75) is 6.92 Å². The van der Waals surface area contributed by atoms with Crippen LogP contribution in [0.15, 0.2) is 53.6 Å². The molecule has 0 unspecified atom stereocenters. The third-order valence-electron chi connectivity index (χ3n) is 3.51. The van der Waals surface area contributed by atoms with Crippen molar-refractivity contribution in [1.29, 1.82) is 5.26 Å². The SMILES string of the molecule is CS/C(Nc1ccc(NC(C)=O)cc1)=C(/C#N)c1nc2ccccc2s1. The second-order valence-corrected chi connectivity index (χ2v) is 7.24. The second-order valence-electron chi connectivity index (χ2n) is 5.39. The van der Waals surface area contributed by atoms with Crippen molar-refractivity contribution in [2.24, 2.45) is 0 Å². The molecule has 0 atom stereocenters. The minimum Gasteiger partial charge on any atom is -0.349 e. The fourth-order valence-corrected chi connectivity index (χ4v) is 3.96. The van der Waals surface area contributed by atoms with Gasteiger partial charge in [-0.3, -0.25) is 4.79 Å². The number of hydrogen-bond donors (Lipinski definition) is 2. The van der Waals surface area contributed by atoms with Crippen molar-refractivity contribution in [2.75, 3.05) is 16.9 Å². The number of carbonyl (C=O) groups excluding carboxylic acids is 1. The molecule has 2 N–H and O–H groups in total. The van der Waals surface area contributed by atoms with E-state index < -0.39 is 0 Å². The van der Waals surface area contributed by atoms with E-state index in [0.717, 1.165) is 26.6 Å². The minimum absolute atomic E-state index is 0.113. The summed E-state index contributed by atoms with van der Waals surface area (Å²) < 4.78 is 1.05. The molecule has 1 aromatic heterocycles. The van der Waals surface area contributed by atoms with Crippen molar-refractivity contribution in [1.82, 2.24) is 4.98 Å². The summed E-state index contributed by atoms with van der Waals surface area (Å²) in [6.07, 6.45) is 1.92. The Morgan fingerprint density at radius 2 is 1.77 bits per heavy atom. The maximum atomic E-state index is 11.1. The molecule has 0 aliphatic rings. The van der Waals surface area contributed by atoms with Gasteiger partial charge in [-0.1, -0.05) is 12.1 Å². The number of anilines is 2. The van der Waals surface area contributed by atoms with Crippen LogP contribution in [0.3, 0.4) is 0 Å². The molecule has 1 amide bonds. The molecule has 5 nitrogen and oxygen atoms in total. The normalized spacial score (nSPS) is 11.6. The highest BCUT2D eigenvalue weighted by Gasteiger charge is 2.14. The number of hydrogen-bond acceptors (Lipinski definition) is 6. The van der Waals surface area contributed by atoms with Crippen LogP contribution in [0.1, 0.15) is 11.9 Å². The fraction of sp³-hybridized carbons (Fsp3) is 0.105. The molecule has 0 fully saturated rings. The van der Waals surface area contributed by atoms with Crippen molar-refractivity contribution < 1.29 is 4.79 Å². The minimum atomic E-state index is -0.113. The largest absolute Gasteiger partial charge is 0.349 e. The molecule has 0 aliphatic heterocycles. The molecule has 2 aromatic carbocycles. The summed E-state index contributed by atoms with van der Waals surface area (Å²) in [7, 11) is 0. The van der Waals surface area contributed by atoms with Crippen LogP contribution in [-0.2, 0) is 4.79 Å². The first-order valence-electron chi connectivity index (χ1n) is 7.79. The Morgan fingerprint density at radius 1 is 1.12 bits per heavy atom. The van der Waals surface area contributed by atoms with Gasteiger partial charge < -0.3 is 10.6 Å². The van der Waals surface area contributed by atoms with Gasteiger partial charge in [-0.05, 0) is 42.7 Å². The van der Waals surface area contributed by atoms with E-state index in [-0.39, 0.29) is 5.91 Å². The van der Waals surface area contributed by atoms with Gasteiger partial charge in [0.15, 0.2) is 0 Å². The topological polar surface area (TPSA) is 77.8 Å². The number of para-hydroxylation sites is 1. The Labute approximate surface area is 159 Å². The Morgan fingerprint density at radius 3 is 2.35 bits per heavy atom. The number of thiazole rings is 1. The number of nitrogens with zero attached hydrogens (tertiary/aromatic N) is 2. The summed E-state index contributed by atoms with van der Waals surface area (Å²) in [4.78, 5) is 15.7. The molecule has 0 radical (unpaired) electrons.